The molecule has 0 saturated carbocycles. The summed E-state index contributed by atoms with van der Waals surface area (Å²) < 4.78 is 27.8. The summed E-state index contributed by atoms with van der Waals surface area (Å²) in [4.78, 5) is 11.0. The van der Waals surface area contributed by atoms with Gasteiger partial charge in [0.2, 0.25) is 6.17 Å². The summed E-state index contributed by atoms with van der Waals surface area (Å²) in [5.74, 6) is -0.0953. The number of carbonyl (C=O) groups excluding carboxylic acids is 1. The summed E-state index contributed by atoms with van der Waals surface area (Å²) in [6, 6.07) is 4.38. The van der Waals surface area contributed by atoms with Crippen LogP contribution in [0.1, 0.15) is 11.7 Å². The van der Waals surface area contributed by atoms with Gasteiger partial charge in [-0.2, -0.15) is 0 Å². The van der Waals surface area contributed by atoms with Crippen LogP contribution in [0, 0.1) is 0 Å². The lowest BCUT2D eigenvalue weighted by Gasteiger charge is -2.11. The van der Waals surface area contributed by atoms with Crippen LogP contribution in [0.2, 0.25) is 0 Å². The van der Waals surface area contributed by atoms with Crippen molar-refractivity contribution >= 4 is 5.97 Å². The Bertz CT molecular complexity index is 378. The van der Waals surface area contributed by atoms with Gasteiger partial charge in [-0.1, -0.05) is 6.07 Å². The second-order valence-electron chi connectivity index (χ2n) is 3.00. The molecule has 0 saturated heterocycles. The third-order valence-electron chi connectivity index (χ3n) is 2.11. The molecular formula is C11H13FO4. The van der Waals surface area contributed by atoms with Crippen molar-refractivity contribution in [2.45, 2.75) is 6.17 Å². The molecule has 0 aliphatic heterocycles. The van der Waals surface area contributed by atoms with Gasteiger partial charge < -0.3 is 14.2 Å². The number of alkyl halides is 1. The average Bonchev–Trinajstić information content (AvgIpc) is 2.35. The molecule has 0 amide bonds. The smallest absolute Gasteiger partial charge is 0.345 e. The molecule has 0 N–H and O–H groups in total. The van der Waals surface area contributed by atoms with E-state index in [9.17, 15) is 9.18 Å². The fourth-order valence-electron chi connectivity index (χ4n) is 1.25. The molecular weight excluding hydrogens is 215 g/mol. The lowest BCUT2D eigenvalue weighted by molar-refractivity contribution is -0.146. The average molecular weight is 228 g/mol. The van der Waals surface area contributed by atoms with E-state index >= 15 is 0 Å². The zero-order valence-corrected chi connectivity index (χ0v) is 9.32. The number of esters is 1. The zero-order valence-electron chi connectivity index (χ0n) is 9.32. The summed E-state index contributed by atoms with van der Waals surface area (Å²) in [5, 5.41) is 0. The van der Waals surface area contributed by atoms with Gasteiger partial charge in [-0.3, -0.25) is 0 Å². The molecule has 0 spiro atoms. The van der Waals surface area contributed by atoms with E-state index in [-0.39, 0.29) is 5.56 Å². The van der Waals surface area contributed by atoms with Gasteiger partial charge in [0.25, 0.3) is 0 Å². The fraction of sp³-hybridized carbons (Fsp3) is 0.364. The van der Waals surface area contributed by atoms with Gasteiger partial charge in [-0.05, 0) is 12.1 Å². The van der Waals surface area contributed by atoms with Crippen molar-refractivity contribution in [1.82, 2.24) is 0 Å². The number of ether oxygens (including phenoxy) is 3. The van der Waals surface area contributed by atoms with Crippen LogP contribution < -0.4 is 9.47 Å². The van der Waals surface area contributed by atoms with Gasteiger partial charge in [0.15, 0.2) is 11.5 Å². The molecule has 1 unspecified atom stereocenters. The number of hydrogen-bond acceptors (Lipinski definition) is 4. The Kier molecular flexibility index (Phi) is 4.10. The second kappa shape index (κ2) is 5.34. The molecule has 5 heteroatoms. The highest BCUT2D eigenvalue weighted by molar-refractivity contribution is 5.76. The first-order valence-electron chi connectivity index (χ1n) is 4.57. The summed E-state index contributed by atoms with van der Waals surface area (Å²) in [6.45, 7) is 0. The lowest BCUT2D eigenvalue weighted by atomic mass is 10.1. The predicted molar refractivity (Wildman–Crippen MR) is 55.4 cm³/mol. The van der Waals surface area contributed by atoms with Crippen LogP contribution in [0.15, 0.2) is 18.2 Å². The Balaban J connectivity index is 3.03. The van der Waals surface area contributed by atoms with Crippen LogP contribution in [0.25, 0.3) is 0 Å². The number of halogens is 1. The molecule has 4 nitrogen and oxygen atoms in total. The van der Waals surface area contributed by atoms with E-state index in [2.05, 4.69) is 4.74 Å². The standard InChI is InChI=1S/C11H13FO4/c1-14-8-5-4-7(6-9(8)15-2)10(12)11(13)16-3/h4-6,10H,1-3H3. The van der Waals surface area contributed by atoms with Crippen molar-refractivity contribution in [2.24, 2.45) is 0 Å². The number of benzene rings is 1. The minimum atomic E-state index is -1.81. The molecule has 0 fully saturated rings. The molecule has 88 valence electrons. The predicted octanol–water partition coefficient (Wildman–Crippen LogP) is 1.89. The molecule has 0 heterocycles. The molecule has 1 atom stereocenters. The molecule has 1 aromatic rings. The first-order valence-corrected chi connectivity index (χ1v) is 4.57. The van der Waals surface area contributed by atoms with E-state index in [0.717, 1.165) is 7.11 Å². The van der Waals surface area contributed by atoms with Crippen molar-refractivity contribution in [3.05, 3.63) is 23.8 Å². The number of hydrogen-bond donors (Lipinski definition) is 0. The van der Waals surface area contributed by atoms with E-state index in [1.807, 2.05) is 0 Å². The van der Waals surface area contributed by atoms with Crippen molar-refractivity contribution < 1.29 is 23.4 Å². The monoisotopic (exact) mass is 228 g/mol. The summed E-state index contributed by atoms with van der Waals surface area (Å²) in [7, 11) is 4.05. The van der Waals surface area contributed by atoms with Crippen molar-refractivity contribution in [2.75, 3.05) is 21.3 Å². The maximum atomic E-state index is 13.5. The molecule has 1 rings (SSSR count). The number of carbonyl (C=O) groups is 1. The Morgan fingerprint density at radius 2 is 1.81 bits per heavy atom. The Labute approximate surface area is 92.9 Å². The molecule has 0 aliphatic rings. The first kappa shape index (κ1) is 12.3. The molecule has 0 aliphatic carbocycles. The van der Waals surface area contributed by atoms with Crippen molar-refractivity contribution in [1.29, 1.82) is 0 Å². The third-order valence-corrected chi connectivity index (χ3v) is 2.11. The SMILES string of the molecule is COC(=O)C(F)c1ccc(OC)c(OC)c1. The van der Waals surface area contributed by atoms with Gasteiger partial charge in [0.05, 0.1) is 21.3 Å². The van der Waals surface area contributed by atoms with Gasteiger partial charge in [0.1, 0.15) is 0 Å². The molecule has 0 aromatic heterocycles. The summed E-state index contributed by atoms with van der Waals surface area (Å²) in [6.07, 6.45) is -1.81. The van der Waals surface area contributed by atoms with Crippen LogP contribution in [-0.4, -0.2) is 27.3 Å². The fourth-order valence-corrected chi connectivity index (χ4v) is 1.25. The highest BCUT2D eigenvalue weighted by atomic mass is 19.1. The van der Waals surface area contributed by atoms with Gasteiger partial charge >= 0.3 is 5.97 Å². The maximum absolute atomic E-state index is 13.5. The van der Waals surface area contributed by atoms with E-state index in [1.54, 1.807) is 0 Å². The zero-order chi connectivity index (χ0) is 12.1. The molecule has 16 heavy (non-hydrogen) atoms. The van der Waals surface area contributed by atoms with E-state index in [4.69, 9.17) is 9.47 Å². The summed E-state index contributed by atoms with van der Waals surface area (Å²) in [5.41, 5.74) is 0.171. The van der Waals surface area contributed by atoms with Crippen LogP contribution in [0.4, 0.5) is 4.39 Å². The molecule has 0 bridgehead atoms. The Morgan fingerprint density at radius 3 is 2.31 bits per heavy atom. The summed E-state index contributed by atoms with van der Waals surface area (Å²) >= 11 is 0. The minimum Gasteiger partial charge on any atom is -0.493 e. The topological polar surface area (TPSA) is 44.8 Å². The van der Waals surface area contributed by atoms with Gasteiger partial charge in [0, 0.05) is 5.56 Å². The van der Waals surface area contributed by atoms with Crippen LogP contribution in [-0.2, 0) is 9.53 Å². The van der Waals surface area contributed by atoms with Crippen molar-refractivity contribution in [3.8, 4) is 11.5 Å². The highest BCUT2D eigenvalue weighted by Gasteiger charge is 2.21. The van der Waals surface area contributed by atoms with Crippen molar-refractivity contribution in [3.63, 3.8) is 0 Å². The number of methoxy groups -OCH3 is 3. The number of rotatable bonds is 4. The third kappa shape index (κ3) is 2.42. The van der Waals surface area contributed by atoms with Crippen LogP contribution in [0.5, 0.6) is 11.5 Å². The maximum Gasteiger partial charge on any atom is 0.345 e. The van der Waals surface area contributed by atoms with Crippen LogP contribution >= 0.6 is 0 Å². The first-order chi connectivity index (χ1) is 7.63. The second-order valence-corrected chi connectivity index (χ2v) is 3.00. The van der Waals surface area contributed by atoms with E-state index in [0.29, 0.717) is 11.5 Å². The molecule has 1 aromatic carbocycles. The lowest BCUT2D eigenvalue weighted by Crippen LogP contribution is -2.09. The Morgan fingerprint density at radius 1 is 1.19 bits per heavy atom. The largest absolute Gasteiger partial charge is 0.493 e. The van der Waals surface area contributed by atoms with E-state index in [1.165, 1.54) is 32.4 Å². The normalized spacial score (nSPS) is 11.8. The van der Waals surface area contributed by atoms with Gasteiger partial charge in [-0.25, -0.2) is 9.18 Å². The highest BCUT2D eigenvalue weighted by Crippen LogP contribution is 2.31. The quantitative estimate of drug-likeness (QED) is 0.738. The Hall–Kier alpha value is -1.78. The minimum absolute atomic E-state index is 0.171. The molecule has 0 radical (unpaired) electrons. The van der Waals surface area contributed by atoms with Gasteiger partial charge in [-0.15, -0.1) is 0 Å². The van der Waals surface area contributed by atoms with E-state index < -0.39 is 12.1 Å². The van der Waals surface area contributed by atoms with Crippen LogP contribution in [0.3, 0.4) is 0 Å².